The van der Waals surface area contributed by atoms with E-state index in [1.54, 1.807) is 0 Å². The quantitative estimate of drug-likeness (QED) is 0.823. The van der Waals surface area contributed by atoms with Crippen molar-refractivity contribution in [1.82, 2.24) is 5.32 Å². The predicted molar refractivity (Wildman–Crippen MR) is 74.8 cm³/mol. The molecular weight excluding hydrogens is 220 g/mol. The van der Waals surface area contributed by atoms with Crippen LogP contribution in [-0.4, -0.2) is 6.54 Å². The van der Waals surface area contributed by atoms with E-state index in [9.17, 15) is 0 Å². The monoisotopic (exact) mass is 240 g/mol. The van der Waals surface area contributed by atoms with Gasteiger partial charge in [0.05, 0.1) is 18.2 Å². The van der Waals surface area contributed by atoms with Gasteiger partial charge in [-0.1, -0.05) is 24.0 Å². The van der Waals surface area contributed by atoms with E-state index >= 15 is 0 Å². The topological polar surface area (TPSA) is 35.8 Å². The average molecular weight is 240 g/mol. The molecule has 94 valence electrons. The lowest BCUT2D eigenvalue weighted by molar-refractivity contribution is 0.568. The highest BCUT2D eigenvalue weighted by Crippen LogP contribution is 2.13. The minimum atomic E-state index is 0.0549. The average Bonchev–Trinajstić information content (AvgIpc) is 2.33. The van der Waals surface area contributed by atoms with Crippen molar-refractivity contribution < 1.29 is 0 Å². The number of rotatable bonds is 3. The molecule has 1 N–H and O–H groups in total. The number of hydrogen-bond acceptors (Lipinski definition) is 2. The summed E-state index contributed by atoms with van der Waals surface area (Å²) in [5.41, 5.74) is 1.92. The lowest BCUT2D eigenvalue weighted by atomic mass is 9.98. The second-order valence-electron chi connectivity index (χ2n) is 5.39. The molecule has 1 atom stereocenters. The molecule has 18 heavy (non-hydrogen) atoms. The molecule has 0 heterocycles. The molecule has 1 aromatic rings. The van der Waals surface area contributed by atoms with Crippen LogP contribution in [0.3, 0.4) is 0 Å². The molecule has 2 nitrogen and oxygen atoms in total. The van der Waals surface area contributed by atoms with E-state index < -0.39 is 0 Å². The maximum absolute atomic E-state index is 8.73. The molecule has 0 bridgehead atoms. The van der Waals surface area contributed by atoms with Crippen molar-refractivity contribution in [3.63, 3.8) is 0 Å². The summed E-state index contributed by atoms with van der Waals surface area (Å²) in [6, 6.07) is 10.0. The van der Waals surface area contributed by atoms with E-state index in [0.29, 0.717) is 12.1 Å². The van der Waals surface area contributed by atoms with Crippen LogP contribution in [0.15, 0.2) is 24.3 Å². The molecule has 0 saturated carbocycles. The fraction of sp³-hybridized carbons (Fsp3) is 0.438. The summed E-state index contributed by atoms with van der Waals surface area (Å²) in [5, 5.41) is 12.1. The van der Waals surface area contributed by atoms with Crippen molar-refractivity contribution in [2.75, 3.05) is 6.54 Å². The molecule has 1 aromatic carbocycles. The second-order valence-corrected chi connectivity index (χ2v) is 5.39. The molecule has 0 radical (unpaired) electrons. The van der Waals surface area contributed by atoms with Gasteiger partial charge in [0.15, 0.2) is 0 Å². The third-order valence-electron chi connectivity index (χ3n) is 2.50. The van der Waals surface area contributed by atoms with Crippen molar-refractivity contribution in [3.05, 3.63) is 35.4 Å². The molecule has 0 aromatic heterocycles. The lowest BCUT2D eigenvalue weighted by Crippen LogP contribution is -2.19. The summed E-state index contributed by atoms with van der Waals surface area (Å²) in [5.74, 6) is 6.33. The van der Waals surface area contributed by atoms with Crippen LogP contribution in [0.25, 0.3) is 0 Å². The van der Waals surface area contributed by atoms with Crippen LogP contribution in [0.1, 0.15) is 44.9 Å². The Labute approximate surface area is 110 Å². The largest absolute Gasteiger partial charge is 0.300 e. The lowest BCUT2D eigenvalue weighted by Gasteiger charge is -2.12. The first-order valence-corrected chi connectivity index (χ1v) is 6.16. The molecule has 1 unspecified atom stereocenters. The van der Waals surface area contributed by atoms with Gasteiger partial charge in [-0.15, -0.1) is 0 Å². The molecular formula is C16H20N2. The van der Waals surface area contributed by atoms with E-state index in [-0.39, 0.29) is 11.5 Å². The molecule has 0 aliphatic rings. The zero-order valence-electron chi connectivity index (χ0n) is 11.5. The molecule has 2 heteroatoms. The second kappa shape index (κ2) is 6.24. The van der Waals surface area contributed by atoms with Crippen LogP contribution in [-0.2, 0) is 0 Å². The summed E-state index contributed by atoms with van der Waals surface area (Å²) in [4.78, 5) is 0. The van der Waals surface area contributed by atoms with Gasteiger partial charge >= 0.3 is 0 Å². The summed E-state index contributed by atoms with van der Waals surface area (Å²) in [6.45, 7) is 9.08. The number of nitriles is 1. The SMILES string of the molecule is CC(NCC#CC(C)(C)C)c1ccc(C#N)cc1. The Balaban J connectivity index is 2.52. The highest BCUT2D eigenvalue weighted by Gasteiger charge is 2.05. The summed E-state index contributed by atoms with van der Waals surface area (Å²) >= 11 is 0. The van der Waals surface area contributed by atoms with Crippen molar-refractivity contribution in [2.24, 2.45) is 5.41 Å². The highest BCUT2D eigenvalue weighted by molar-refractivity contribution is 5.32. The molecule has 0 aliphatic carbocycles. The van der Waals surface area contributed by atoms with E-state index in [0.717, 1.165) is 0 Å². The zero-order chi connectivity index (χ0) is 13.6. The Kier molecular flexibility index (Phi) is 4.95. The first-order chi connectivity index (χ1) is 8.42. The fourth-order valence-electron chi connectivity index (χ4n) is 1.48. The van der Waals surface area contributed by atoms with Gasteiger partial charge in [0.1, 0.15) is 0 Å². The van der Waals surface area contributed by atoms with Crippen LogP contribution >= 0.6 is 0 Å². The smallest absolute Gasteiger partial charge is 0.0991 e. The van der Waals surface area contributed by atoms with Crippen LogP contribution in [0.2, 0.25) is 0 Å². The third kappa shape index (κ3) is 5.04. The Morgan fingerprint density at radius 2 is 1.83 bits per heavy atom. The third-order valence-corrected chi connectivity index (χ3v) is 2.50. The maximum Gasteiger partial charge on any atom is 0.0991 e. The van der Waals surface area contributed by atoms with E-state index in [2.05, 4.69) is 50.9 Å². The van der Waals surface area contributed by atoms with E-state index in [1.807, 2.05) is 24.3 Å². The van der Waals surface area contributed by atoms with Crippen molar-refractivity contribution in [3.8, 4) is 17.9 Å². The van der Waals surface area contributed by atoms with Crippen LogP contribution < -0.4 is 5.32 Å². The molecule has 0 amide bonds. The zero-order valence-corrected chi connectivity index (χ0v) is 11.5. The van der Waals surface area contributed by atoms with Crippen molar-refractivity contribution >= 4 is 0 Å². The van der Waals surface area contributed by atoms with E-state index in [1.165, 1.54) is 5.56 Å². The normalized spacial score (nSPS) is 12.2. The Morgan fingerprint density at radius 3 is 2.33 bits per heavy atom. The van der Waals surface area contributed by atoms with Gasteiger partial charge < -0.3 is 0 Å². The molecule has 0 fully saturated rings. The molecule has 0 spiro atoms. The standard InChI is InChI=1S/C16H20N2/c1-13(18-11-5-10-16(2,3)4)15-8-6-14(12-17)7-9-15/h6-9,13,18H,11H2,1-4H3. The summed E-state index contributed by atoms with van der Waals surface area (Å²) in [6.07, 6.45) is 0. The number of nitrogens with one attached hydrogen (secondary N) is 1. The maximum atomic E-state index is 8.73. The van der Waals surface area contributed by atoms with Gasteiger partial charge in [0.2, 0.25) is 0 Å². The van der Waals surface area contributed by atoms with Crippen LogP contribution in [0, 0.1) is 28.6 Å². The molecule has 0 saturated heterocycles. The van der Waals surface area contributed by atoms with Gasteiger partial charge in [0.25, 0.3) is 0 Å². The highest BCUT2D eigenvalue weighted by atomic mass is 14.9. The number of nitrogens with zero attached hydrogens (tertiary/aromatic N) is 1. The van der Waals surface area contributed by atoms with Gasteiger partial charge in [-0.2, -0.15) is 5.26 Å². The van der Waals surface area contributed by atoms with Crippen molar-refractivity contribution in [1.29, 1.82) is 5.26 Å². The summed E-state index contributed by atoms with van der Waals surface area (Å²) in [7, 11) is 0. The Morgan fingerprint density at radius 1 is 1.22 bits per heavy atom. The van der Waals surface area contributed by atoms with Gasteiger partial charge in [-0.05, 0) is 45.4 Å². The first-order valence-electron chi connectivity index (χ1n) is 6.16. The number of benzene rings is 1. The molecule has 0 aliphatic heterocycles. The van der Waals surface area contributed by atoms with Crippen molar-refractivity contribution in [2.45, 2.75) is 33.7 Å². The number of hydrogen-bond donors (Lipinski definition) is 1. The van der Waals surface area contributed by atoms with Crippen LogP contribution in [0.4, 0.5) is 0 Å². The van der Waals surface area contributed by atoms with Gasteiger partial charge in [-0.25, -0.2) is 0 Å². The minimum Gasteiger partial charge on any atom is -0.300 e. The first kappa shape index (κ1) is 14.3. The molecule has 1 rings (SSSR count). The van der Waals surface area contributed by atoms with Crippen LogP contribution in [0.5, 0.6) is 0 Å². The predicted octanol–water partition coefficient (Wildman–Crippen LogP) is 3.26. The van der Waals surface area contributed by atoms with E-state index in [4.69, 9.17) is 5.26 Å². The Hall–Kier alpha value is -1.77. The minimum absolute atomic E-state index is 0.0549. The Bertz CT molecular complexity index is 475. The van der Waals surface area contributed by atoms with Gasteiger partial charge in [-0.3, -0.25) is 5.32 Å². The van der Waals surface area contributed by atoms with Gasteiger partial charge in [0, 0.05) is 11.5 Å². The summed E-state index contributed by atoms with van der Waals surface area (Å²) < 4.78 is 0. The fourth-order valence-corrected chi connectivity index (χ4v) is 1.48.